The zero-order chi connectivity index (χ0) is 8.27. The fraction of sp³-hybridized carbons (Fsp3) is 0.250. The van der Waals surface area contributed by atoms with Gasteiger partial charge in [-0.05, 0) is 41.1 Å². The molecule has 0 spiro atoms. The van der Waals surface area contributed by atoms with Crippen LogP contribution in [-0.4, -0.2) is 6.61 Å². The van der Waals surface area contributed by atoms with Gasteiger partial charge in [0.1, 0.15) is 11.6 Å². The van der Waals surface area contributed by atoms with Crippen LogP contribution in [0.15, 0.2) is 22.7 Å². The molecule has 11 heavy (non-hydrogen) atoms. The number of ether oxygens (including phenoxy) is 1. The van der Waals surface area contributed by atoms with E-state index in [-0.39, 0.29) is 5.82 Å². The Kier molecular flexibility index (Phi) is 2.88. The third-order valence-electron chi connectivity index (χ3n) is 1.19. The summed E-state index contributed by atoms with van der Waals surface area (Å²) in [5.74, 6) is 0.411. The molecule has 0 atom stereocenters. The van der Waals surface area contributed by atoms with Gasteiger partial charge >= 0.3 is 0 Å². The molecule has 0 unspecified atom stereocenters. The second-order valence-electron chi connectivity index (χ2n) is 2.01. The summed E-state index contributed by atoms with van der Waals surface area (Å²) in [6, 6.07) is 4.35. The van der Waals surface area contributed by atoms with Gasteiger partial charge in [-0.25, -0.2) is 4.39 Å². The summed E-state index contributed by atoms with van der Waals surface area (Å²) in [6.07, 6.45) is 0. The molecular weight excluding hydrogens is 211 g/mol. The average Bonchev–Trinajstić information content (AvgIpc) is 1.95. The maximum absolute atomic E-state index is 12.5. The van der Waals surface area contributed by atoms with Crippen molar-refractivity contribution in [1.29, 1.82) is 0 Å². The number of rotatable bonds is 2. The molecule has 1 aromatic carbocycles. The summed E-state index contributed by atoms with van der Waals surface area (Å²) in [4.78, 5) is 0. The molecule has 0 saturated heterocycles. The lowest BCUT2D eigenvalue weighted by Crippen LogP contribution is -1.92. The number of halogens is 2. The van der Waals surface area contributed by atoms with Gasteiger partial charge in [-0.3, -0.25) is 0 Å². The van der Waals surface area contributed by atoms with Gasteiger partial charge in [0.05, 0.1) is 11.1 Å². The molecule has 60 valence electrons. The molecule has 0 aliphatic heterocycles. The Balaban J connectivity index is 2.90. The van der Waals surface area contributed by atoms with E-state index in [0.29, 0.717) is 16.8 Å². The van der Waals surface area contributed by atoms with Crippen molar-refractivity contribution in [2.45, 2.75) is 6.92 Å². The summed E-state index contributed by atoms with van der Waals surface area (Å²) < 4.78 is 18.3. The molecule has 0 saturated carbocycles. The quantitative estimate of drug-likeness (QED) is 0.742. The van der Waals surface area contributed by atoms with E-state index in [1.807, 2.05) is 6.92 Å². The van der Waals surface area contributed by atoms with Crippen molar-refractivity contribution in [3.8, 4) is 5.75 Å². The summed E-state index contributed by atoms with van der Waals surface area (Å²) >= 11 is 3.18. The average molecular weight is 219 g/mol. The van der Waals surface area contributed by atoms with E-state index in [4.69, 9.17) is 4.74 Å². The van der Waals surface area contributed by atoms with Crippen LogP contribution < -0.4 is 4.74 Å². The van der Waals surface area contributed by atoms with Crippen LogP contribution in [-0.2, 0) is 0 Å². The predicted octanol–water partition coefficient (Wildman–Crippen LogP) is 2.99. The summed E-state index contributed by atoms with van der Waals surface area (Å²) in [7, 11) is 0. The normalized spacial score (nSPS) is 9.73. The fourth-order valence-electron chi connectivity index (χ4n) is 0.748. The smallest absolute Gasteiger partial charge is 0.133 e. The number of hydrogen-bond donors (Lipinski definition) is 0. The minimum Gasteiger partial charge on any atom is -0.493 e. The van der Waals surface area contributed by atoms with Gasteiger partial charge in [-0.2, -0.15) is 0 Å². The van der Waals surface area contributed by atoms with Gasteiger partial charge in [0, 0.05) is 0 Å². The van der Waals surface area contributed by atoms with Crippen LogP contribution in [0.2, 0.25) is 0 Å². The van der Waals surface area contributed by atoms with Crippen molar-refractivity contribution in [3.05, 3.63) is 28.5 Å². The lowest BCUT2D eigenvalue weighted by molar-refractivity contribution is 0.337. The number of hydrogen-bond acceptors (Lipinski definition) is 1. The van der Waals surface area contributed by atoms with Gasteiger partial charge in [-0.15, -0.1) is 0 Å². The molecular formula is C8H8BrFO. The van der Waals surface area contributed by atoms with Gasteiger partial charge in [0.15, 0.2) is 0 Å². The van der Waals surface area contributed by atoms with Crippen LogP contribution in [0.3, 0.4) is 0 Å². The lowest BCUT2D eigenvalue weighted by atomic mass is 10.3. The van der Waals surface area contributed by atoms with Crippen LogP contribution in [0.25, 0.3) is 0 Å². The molecule has 0 aliphatic rings. The molecule has 1 nitrogen and oxygen atoms in total. The second kappa shape index (κ2) is 3.72. The van der Waals surface area contributed by atoms with E-state index in [2.05, 4.69) is 15.9 Å². The Bertz CT molecular complexity index is 250. The van der Waals surface area contributed by atoms with Crippen LogP contribution in [0.1, 0.15) is 6.92 Å². The molecule has 0 bridgehead atoms. The Labute approximate surface area is 73.3 Å². The molecule has 1 rings (SSSR count). The summed E-state index contributed by atoms with van der Waals surface area (Å²) in [6.45, 7) is 2.47. The van der Waals surface area contributed by atoms with Crippen LogP contribution >= 0.6 is 15.9 Å². The van der Waals surface area contributed by atoms with Crippen LogP contribution in [0, 0.1) is 5.82 Å². The number of benzene rings is 1. The molecule has 3 heteroatoms. The second-order valence-corrected chi connectivity index (χ2v) is 2.86. The molecule has 0 aliphatic carbocycles. The van der Waals surface area contributed by atoms with E-state index in [9.17, 15) is 4.39 Å². The van der Waals surface area contributed by atoms with Gasteiger partial charge in [0.25, 0.3) is 0 Å². The van der Waals surface area contributed by atoms with Crippen molar-refractivity contribution in [3.63, 3.8) is 0 Å². The zero-order valence-corrected chi connectivity index (χ0v) is 7.69. The highest BCUT2D eigenvalue weighted by Gasteiger charge is 2.00. The maximum atomic E-state index is 12.5. The first-order chi connectivity index (χ1) is 5.24. The van der Waals surface area contributed by atoms with Crippen molar-refractivity contribution in [1.82, 2.24) is 0 Å². The van der Waals surface area contributed by atoms with Crippen molar-refractivity contribution >= 4 is 15.9 Å². The monoisotopic (exact) mass is 218 g/mol. The highest BCUT2D eigenvalue weighted by atomic mass is 79.9. The van der Waals surface area contributed by atoms with Crippen LogP contribution in [0.4, 0.5) is 4.39 Å². The topological polar surface area (TPSA) is 9.23 Å². The molecule has 1 aromatic rings. The molecule has 0 radical (unpaired) electrons. The van der Waals surface area contributed by atoms with E-state index in [1.165, 1.54) is 12.1 Å². The standard InChI is InChI=1S/C8H8BrFO/c1-2-11-8-4-3-6(10)5-7(8)9/h3-5H,2H2,1H3. The summed E-state index contributed by atoms with van der Waals surface area (Å²) in [5, 5.41) is 0. The SMILES string of the molecule is CCOc1ccc(F)cc1Br. The van der Waals surface area contributed by atoms with E-state index in [0.717, 1.165) is 0 Å². The molecule has 0 aromatic heterocycles. The Morgan fingerprint density at radius 1 is 1.55 bits per heavy atom. The summed E-state index contributed by atoms with van der Waals surface area (Å²) in [5.41, 5.74) is 0. The largest absolute Gasteiger partial charge is 0.493 e. The Hall–Kier alpha value is -0.570. The van der Waals surface area contributed by atoms with Crippen LogP contribution in [0.5, 0.6) is 5.75 Å². The maximum Gasteiger partial charge on any atom is 0.133 e. The van der Waals surface area contributed by atoms with E-state index >= 15 is 0 Å². The first-order valence-electron chi connectivity index (χ1n) is 3.32. The zero-order valence-electron chi connectivity index (χ0n) is 6.10. The third-order valence-corrected chi connectivity index (χ3v) is 1.81. The molecule has 0 fully saturated rings. The Morgan fingerprint density at radius 2 is 2.27 bits per heavy atom. The van der Waals surface area contributed by atoms with Crippen molar-refractivity contribution < 1.29 is 9.13 Å². The molecule has 0 N–H and O–H groups in total. The Morgan fingerprint density at radius 3 is 2.82 bits per heavy atom. The minimum atomic E-state index is -0.264. The highest BCUT2D eigenvalue weighted by molar-refractivity contribution is 9.10. The molecule has 0 amide bonds. The van der Waals surface area contributed by atoms with Crippen molar-refractivity contribution in [2.75, 3.05) is 6.61 Å². The third kappa shape index (κ3) is 2.19. The first kappa shape index (κ1) is 8.53. The van der Waals surface area contributed by atoms with Gasteiger partial charge < -0.3 is 4.74 Å². The fourth-order valence-corrected chi connectivity index (χ4v) is 1.21. The van der Waals surface area contributed by atoms with Gasteiger partial charge in [0.2, 0.25) is 0 Å². The van der Waals surface area contributed by atoms with E-state index in [1.54, 1.807) is 6.07 Å². The highest BCUT2D eigenvalue weighted by Crippen LogP contribution is 2.25. The van der Waals surface area contributed by atoms with E-state index < -0.39 is 0 Å². The van der Waals surface area contributed by atoms with Crippen molar-refractivity contribution in [2.24, 2.45) is 0 Å². The lowest BCUT2D eigenvalue weighted by Gasteiger charge is -2.04. The first-order valence-corrected chi connectivity index (χ1v) is 4.11. The molecule has 0 heterocycles. The predicted molar refractivity (Wildman–Crippen MR) is 45.3 cm³/mol. The van der Waals surface area contributed by atoms with Gasteiger partial charge in [-0.1, -0.05) is 0 Å². The minimum absolute atomic E-state index is 0.264.